The van der Waals surface area contributed by atoms with Gasteiger partial charge >= 0.3 is 0 Å². The monoisotopic (exact) mass is 282 g/mol. The number of hydrogen-bond donors (Lipinski definition) is 1. The van der Waals surface area contributed by atoms with Crippen LogP contribution in [0.2, 0.25) is 0 Å². The fraction of sp³-hybridized carbons (Fsp3) is 0.938. The first kappa shape index (κ1) is 15.8. The first-order valence-corrected chi connectivity index (χ1v) is 8.31. The van der Waals surface area contributed by atoms with Crippen LogP contribution >= 0.6 is 0 Å². The second-order valence-electron chi connectivity index (χ2n) is 6.57. The van der Waals surface area contributed by atoms with Crippen molar-refractivity contribution in [2.24, 2.45) is 5.73 Å². The van der Waals surface area contributed by atoms with E-state index in [0.29, 0.717) is 6.42 Å². The van der Waals surface area contributed by atoms with Crippen molar-refractivity contribution in [1.82, 2.24) is 4.90 Å². The van der Waals surface area contributed by atoms with E-state index in [1.165, 1.54) is 19.3 Å². The van der Waals surface area contributed by atoms with E-state index < -0.39 is 0 Å². The van der Waals surface area contributed by atoms with Crippen molar-refractivity contribution in [2.45, 2.75) is 76.4 Å². The van der Waals surface area contributed by atoms with E-state index in [1.807, 2.05) is 4.90 Å². The Bertz CT molecular complexity index is 314. The number of piperidine rings is 1. The lowest BCUT2D eigenvalue weighted by molar-refractivity contribution is -0.137. The first-order chi connectivity index (χ1) is 9.63. The Morgan fingerprint density at radius 2 is 2.05 bits per heavy atom. The van der Waals surface area contributed by atoms with Crippen molar-refractivity contribution in [3.8, 4) is 0 Å². The highest BCUT2D eigenvalue weighted by atomic mass is 16.5. The predicted molar refractivity (Wildman–Crippen MR) is 80.5 cm³/mol. The minimum Gasteiger partial charge on any atom is -0.376 e. The van der Waals surface area contributed by atoms with E-state index in [4.69, 9.17) is 10.5 Å². The Balaban J connectivity index is 1.82. The number of rotatable bonds is 5. The fourth-order valence-electron chi connectivity index (χ4n) is 3.43. The summed E-state index contributed by atoms with van der Waals surface area (Å²) >= 11 is 0. The third-order valence-corrected chi connectivity index (χ3v) is 4.64. The van der Waals surface area contributed by atoms with Gasteiger partial charge in [0.15, 0.2) is 0 Å². The smallest absolute Gasteiger partial charge is 0.224 e. The van der Waals surface area contributed by atoms with Crippen LogP contribution in [0.5, 0.6) is 0 Å². The van der Waals surface area contributed by atoms with Crippen LogP contribution in [0.15, 0.2) is 0 Å². The molecule has 0 spiro atoms. The van der Waals surface area contributed by atoms with E-state index in [-0.39, 0.29) is 17.6 Å². The third-order valence-electron chi connectivity index (χ3n) is 4.64. The summed E-state index contributed by atoms with van der Waals surface area (Å²) in [5.41, 5.74) is 6.16. The van der Waals surface area contributed by atoms with Crippen LogP contribution in [0, 0.1) is 0 Å². The maximum absolute atomic E-state index is 12.5. The van der Waals surface area contributed by atoms with Gasteiger partial charge in [-0.3, -0.25) is 4.79 Å². The number of hydrogen-bond acceptors (Lipinski definition) is 3. The average Bonchev–Trinajstić information content (AvgIpc) is 2.45. The molecule has 0 aromatic carbocycles. The fourth-order valence-corrected chi connectivity index (χ4v) is 3.43. The second-order valence-corrected chi connectivity index (χ2v) is 6.57. The molecule has 2 fully saturated rings. The normalized spacial score (nSPS) is 26.5. The van der Waals surface area contributed by atoms with Crippen molar-refractivity contribution in [3.05, 3.63) is 0 Å². The van der Waals surface area contributed by atoms with Gasteiger partial charge in [0.2, 0.25) is 5.91 Å². The molecule has 2 N–H and O–H groups in total. The van der Waals surface area contributed by atoms with E-state index in [1.54, 1.807) is 0 Å². The van der Waals surface area contributed by atoms with Crippen LogP contribution in [-0.4, -0.2) is 42.1 Å². The molecule has 1 unspecified atom stereocenters. The van der Waals surface area contributed by atoms with Gasteiger partial charge in [0.1, 0.15) is 0 Å². The van der Waals surface area contributed by atoms with Crippen molar-refractivity contribution < 1.29 is 9.53 Å². The van der Waals surface area contributed by atoms with Gasteiger partial charge in [-0.25, -0.2) is 0 Å². The maximum Gasteiger partial charge on any atom is 0.224 e. The highest BCUT2D eigenvalue weighted by Crippen LogP contribution is 2.29. The lowest BCUT2D eigenvalue weighted by Crippen LogP contribution is -2.50. The van der Waals surface area contributed by atoms with Gasteiger partial charge in [0, 0.05) is 31.7 Å². The standard InChI is InChI=1S/C16H30N2O2/c1-2-11-20-14-7-6-10-18(13-14)15(19)12-16(17)8-4-3-5-9-16/h14H,2-13,17H2,1H3. The maximum atomic E-state index is 12.5. The van der Waals surface area contributed by atoms with Crippen LogP contribution in [0.4, 0.5) is 0 Å². The Morgan fingerprint density at radius 1 is 1.30 bits per heavy atom. The lowest BCUT2D eigenvalue weighted by Gasteiger charge is -2.37. The molecule has 1 aliphatic carbocycles. The molecule has 0 radical (unpaired) electrons. The number of ether oxygens (including phenoxy) is 1. The van der Waals surface area contributed by atoms with Gasteiger partial charge < -0.3 is 15.4 Å². The molecule has 2 rings (SSSR count). The zero-order valence-corrected chi connectivity index (χ0v) is 12.9. The first-order valence-electron chi connectivity index (χ1n) is 8.31. The highest BCUT2D eigenvalue weighted by Gasteiger charge is 2.33. The number of likely N-dealkylation sites (tertiary alicyclic amines) is 1. The zero-order valence-electron chi connectivity index (χ0n) is 12.9. The quantitative estimate of drug-likeness (QED) is 0.842. The summed E-state index contributed by atoms with van der Waals surface area (Å²) in [6, 6.07) is 0. The summed E-state index contributed by atoms with van der Waals surface area (Å²) in [7, 11) is 0. The molecule has 1 amide bonds. The predicted octanol–water partition coefficient (Wildman–Crippen LogP) is 2.46. The number of nitrogens with two attached hydrogens (primary N) is 1. The topological polar surface area (TPSA) is 55.6 Å². The molecule has 1 aliphatic heterocycles. The van der Waals surface area contributed by atoms with Gasteiger partial charge in [0.25, 0.3) is 0 Å². The molecule has 1 atom stereocenters. The number of carbonyl (C=O) groups is 1. The Kier molecular flexibility index (Phi) is 5.85. The van der Waals surface area contributed by atoms with Gasteiger partial charge in [-0.05, 0) is 32.1 Å². The molecule has 0 aromatic rings. The van der Waals surface area contributed by atoms with E-state index >= 15 is 0 Å². The van der Waals surface area contributed by atoms with Crippen molar-refractivity contribution in [3.63, 3.8) is 0 Å². The Morgan fingerprint density at radius 3 is 2.75 bits per heavy atom. The lowest BCUT2D eigenvalue weighted by atomic mass is 9.80. The molecular weight excluding hydrogens is 252 g/mol. The molecule has 2 aliphatic rings. The van der Waals surface area contributed by atoms with E-state index in [0.717, 1.165) is 51.8 Å². The Labute approximate surface area is 123 Å². The van der Waals surface area contributed by atoms with Crippen LogP contribution in [-0.2, 0) is 9.53 Å². The number of carbonyl (C=O) groups excluding carboxylic acids is 1. The summed E-state index contributed by atoms with van der Waals surface area (Å²) in [4.78, 5) is 14.5. The van der Waals surface area contributed by atoms with Crippen LogP contribution in [0.25, 0.3) is 0 Å². The molecule has 4 nitrogen and oxygen atoms in total. The SMILES string of the molecule is CCCOC1CCCN(C(=O)CC2(N)CCCCC2)C1. The summed E-state index contributed by atoms with van der Waals surface area (Å²) in [6.07, 6.45) is 9.54. The number of amides is 1. The third kappa shape index (κ3) is 4.45. The molecule has 1 heterocycles. The van der Waals surface area contributed by atoms with E-state index in [2.05, 4.69) is 6.92 Å². The zero-order chi connectivity index (χ0) is 14.4. The average molecular weight is 282 g/mol. The molecule has 1 saturated heterocycles. The summed E-state index contributed by atoms with van der Waals surface area (Å²) < 4.78 is 5.80. The molecule has 116 valence electrons. The highest BCUT2D eigenvalue weighted by molar-refractivity contribution is 5.77. The minimum absolute atomic E-state index is 0.229. The molecule has 4 heteroatoms. The molecule has 1 saturated carbocycles. The van der Waals surface area contributed by atoms with Gasteiger partial charge in [0.05, 0.1) is 6.10 Å². The Hall–Kier alpha value is -0.610. The van der Waals surface area contributed by atoms with Crippen LogP contribution < -0.4 is 5.73 Å². The van der Waals surface area contributed by atoms with E-state index in [9.17, 15) is 4.79 Å². The van der Waals surface area contributed by atoms with Gasteiger partial charge in [-0.1, -0.05) is 26.2 Å². The van der Waals surface area contributed by atoms with Crippen LogP contribution in [0.3, 0.4) is 0 Å². The second kappa shape index (κ2) is 7.41. The molecular formula is C16H30N2O2. The largest absolute Gasteiger partial charge is 0.376 e. The van der Waals surface area contributed by atoms with Gasteiger partial charge in [-0.2, -0.15) is 0 Å². The van der Waals surface area contributed by atoms with Gasteiger partial charge in [-0.15, -0.1) is 0 Å². The summed E-state index contributed by atoms with van der Waals surface area (Å²) in [5, 5.41) is 0. The van der Waals surface area contributed by atoms with Crippen molar-refractivity contribution in [2.75, 3.05) is 19.7 Å². The van der Waals surface area contributed by atoms with Crippen molar-refractivity contribution >= 4 is 5.91 Å². The molecule has 20 heavy (non-hydrogen) atoms. The summed E-state index contributed by atoms with van der Waals surface area (Å²) in [5.74, 6) is 0.235. The molecule has 0 aromatic heterocycles. The van der Waals surface area contributed by atoms with Crippen molar-refractivity contribution in [1.29, 1.82) is 0 Å². The number of nitrogens with zero attached hydrogens (tertiary/aromatic N) is 1. The minimum atomic E-state index is -0.243. The molecule has 0 bridgehead atoms. The van der Waals surface area contributed by atoms with Crippen LogP contribution in [0.1, 0.15) is 64.7 Å². The summed E-state index contributed by atoms with van der Waals surface area (Å²) in [6.45, 7) is 4.55.